The third-order valence-corrected chi connectivity index (χ3v) is 2.79. The van der Waals surface area contributed by atoms with Crippen LogP contribution < -0.4 is 15.2 Å². The van der Waals surface area contributed by atoms with E-state index in [1.54, 1.807) is 12.1 Å². The maximum atomic E-state index is 12.9. The van der Waals surface area contributed by atoms with Crippen molar-refractivity contribution in [2.45, 2.75) is 0 Å². The summed E-state index contributed by atoms with van der Waals surface area (Å²) in [6, 6.07) is 7.32. The van der Waals surface area contributed by atoms with Gasteiger partial charge in [0.25, 0.3) is 0 Å². The lowest BCUT2D eigenvalue weighted by Crippen LogP contribution is -1.97. The lowest BCUT2D eigenvalue weighted by atomic mass is 10.3. The standard InChI is InChI=1S/C12H10BrFN2O2/c1-17-11-5-3-9(15)12(16-11)18-10-4-2-7(14)6-8(10)13/h2-6H,15H2,1H3. The predicted octanol–water partition coefficient (Wildman–Crippen LogP) is 3.37. The molecule has 2 N–H and O–H groups in total. The Labute approximate surface area is 112 Å². The zero-order valence-electron chi connectivity index (χ0n) is 9.48. The van der Waals surface area contributed by atoms with Crippen molar-refractivity contribution in [1.82, 2.24) is 4.98 Å². The molecule has 1 aromatic carbocycles. The summed E-state index contributed by atoms with van der Waals surface area (Å²) >= 11 is 3.20. The lowest BCUT2D eigenvalue weighted by Gasteiger charge is -2.10. The van der Waals surface area contributed by atoms with Crippen LogP contribution in [0.2, 0.25) is 0 Å². The molecule has 0 fully saturated rings. The van der Waals surface area contributed by atoms with Gasteiger partial charge in [0.15, 0.2) is 0 Å². The Morgan fingerprint density at radius 3 is 2.72 bits per heavy atom. The highest BCUT2D eigenvalue weighted by Gasteiger charge is 2.09. The van der Waals surface area contributed by atoms with E-state index in [4.69, 9.17) is 15.2 Å². The number of nitrogen functional groups attached to an aromatic ring is 1. The third-order valence-electron chi connectivity index (χ3n) is 2.17. The van der Waals surface area contributed by atoms with Gasteiger partial charge in [-0.25, -0.2) is 4.39 Å². The van der Waals surface area contributed by atoms with Crippen LogP contribution in [0.25, 0.3) is 0 Å². The molecule has 0 saturated carbocycles. The number of halogens is 2. The summed E-state index contributed by atoms with van der Waals surface area (Å²) in [5.41, 5.74) is 6.11. The number of anilines is 1. The minimum Gasteiger partial charge on any atom is -0.481 e. The first kappa shape index (κ1) is 12.6. The number of nitrogens with two attached hydrogens (primary N) is 1. The Kier molecular flexibility index (Phi) is 3.66. The molecule has 1 aromatic heterocycles. The second-order valence-corrected chi connectivity index (χ2v) is 4.28. The second-order valence-electron chi connectivity index (χ2n) is 3.42. The maximum absolute atomic E-state index is 12.9. The van der Waals surface area contributed by atoms with E-state index in [1.807, 2.05) is 0 Å². The number of benzene rings is 1. The highest BCUT2D eigenvalue weighted by Crippen LogP contribution is 2.32. The van der Waals surface area contributed by atoms with Gasteiger partial charge in [0.2, 0.25) is 11.8 Å². The van der Waals surface area contributed by atoms with Crippen molar-refractivity contribution in [1.29, 1.82) is 0 Å². The van der Waals surface area contributed by atoms with Gasteiger partial charge in [-0.15, -0.1) is 0 Å². The van der Waals surface area contributed by atoms with Crippen LogP contribution in [-0.2, 0) is 0 Å². The molecule has 1 heterocycles. The SMILES string of the molecule is COc1ccc(N)c(Oc2ccc(F)cc2Br)n1. The van der Waals surface area contributed by atoms with Crippen LogP contribution in [0.4, 0.5) is 10.1 Å². The largest absolute Gasteiger partial charge is 0.481 e. The molecule has 2 aromatic rings. The average molecular weight is 313 g/mol. The zero-order valence-corrected chi connectivity index (χ0v) is 11.1. The molecule has 0 spiro atoms. The van der Waals surface area contributed by atoms with Gasteiger partial charge in [0.05, 0.1) is 17.3 Å². The Bertz CT molecular complexity index is 578. The van der Waals surface area contributed by atoms with Gasteiger partial charge >= 0.3 is 0 Å². The zero-order chi connectivity index (χ0) is 13.1. The molecule has 0 aliphatic heterocycles. The summed E-state index contributed by atoms with van der Waals surface area (Å²) in [5.74, 6) is 0.656. The number of hydrogen-bond donors (Lipinski definition) is 1. The van der Waals surface area contributed by atoms with Crippen molar-refractivity contribution < 1.29 is 13.9 Å². The van der Waals surface area contributed by atoms with Gasteiger partial charge in [0.1, 0.15) is 11.6 Å². The molecule has 6 heteroatoms. The summed E-state index contributed by atoms with van der Waals surface area (Å²) in [6.07, 6.45) is 0. The van der Waals surface area contributed by atoms with Gasteiger partial charge in [0, 0.05) is 6.07 Å². The number of rotatable bonds is 3. The number of nitrogens with zero attached hydrogens (tertiary/aromatic N) is 1. The fourth-order valence-electron chi connectivity index (χ4n) is 1.29. The van der Waals surface area contributed by atoms with Crippen LogP contribution in [0.15, 0.2) is 34.8 Å². The van der Waals surface area contributed by atoms with E-state index in [-0.39, 0.29) is 11.7 Å². The maximum Gasteiger partial charge on any atom is 0.246 e. The normalized spacial score (nSPS) is 10.2. The van der Waals surface area contributed by atoms with Crippen LogP contribution in [0.5, 0.6) is 17.5 Å². The average Bonchev–Trinajstić information content (AvgIpc) is 2.35. The fraction of sp³-hybridized carbons (Fsp3) is 0.0833. The van der Waals surface area contributed by atoms with Gasteiger partial charge in [-0.2, -0.15) is 4.98 Å². The van der Waals surface area contributed by atoms with Gasteiger partial charge in [-0.3, -0.25) is 0 Å². The van der Waals surface area contributed by atoms with E-state index < -0.39 is 0 Å². The van der Waals surface area contributed by atoms with Crippen molar-refractivity contribution in [3.8, 4) is 17.5 Å². The Hall–Kier alpha value is -1.82. The number of hydrogen-bond acceptors (Lipinski definition) is 4. The van der Waals surface area contributed by atoms with E-state index in [2.05, 4.69) is 20.9 Å². The number of pyridine rings is 1. The molecule has 0 aliphatic rings. The molecule has 4 nitrogen and oxygen atoms in total. The summed E-state index contributed by atoms with van der Waals surface area (Å²) in [4.78, 5) is 4.07. The van der Waals surface area contributed by atoms with Gasteiger partial charge in [-0.1, -0.05) is 0 Å². The first-order valence-electron chi connectivity index (χ1n) is 5.03. The molecule has 0 unspecified atom stereocenters. The topological polar surface area (TPSA) is 57.4 Å². The summed E-state index contributed by atoms with van der Waals surface area (Å²) in [7, 11) is 1.50. The highest BCUT2D eigenvalue weighted by molar-refractivity contribution is 9.10. The molecule has 0 radical (unpaired) electrons. The van der Waals surface area contributed by atoms with Gasteiger partial charge in [-0.05, 0) is 40.2 Å². The number of aromatic nitrogens is 1. The summed E-state index contributed by atoms with van der Waals surface area (Å²) < 4.78 is 23.9. The molecular formula is C12H10BrFN2O2. The van der Waals surface area contributed by atoms with Crippen molar-refractivity contribution in [3.63, 3.8) is 0 Å². The fourth-order valence-corrected chi connectivity index (χ4v) is 1.72. The Morgan fingerprint density at radius 2 is 2.06 bits per heavy atom. The van der Waals surface area contributed by atoms with E-state index in [9.17, 15) is 4.39 Å². The molecule has 94 valence electrons. The molecule has 0 bridgehead atoms. The Morgan fingerprint density at radius 1 is 1.28 bits per heavy atom. The van der Waals surface area contributed by atoms with E-state index in [0.29, 0.717) is 21.8 Å². The molecule has 0 amide bonds. The monoisotopic (exact) mass is 312 g/mol. The number of ether oxygens (including phenoxy) is 2. The second kappa shape index (κ2) is 5.22. The predicted molar refractivity (Wildman–Crippen MR) is 69.4 cm³/mol. The molecular weight excluding hydrogens is 303 g/mol. The van der Waals surface area contributed by atoms with Crippen molar-refractivity contribution in [2.24, 2.45) is 0 Å². The van der Waals surface area contributed by atoms with Crippen LogP contribution in [-0.4, -0.2) is 12.1 Å². The van der Waals surface area contributed by atoms with Crippen LogP contribution in [0, 0.1) is 5.82 Å². The molecule has 0 saturated heterocycles. The third kappa shape index (κ3) is 2.70. The quantitative estimate of drug-likeness (QED) is 0.944. The smallest absolute Gasteiger partial charge is 0.246 e. The molecule has 2 rings (SSSR count). The Balaban J connectivity index is 2.33. The van der Waals surface area contributed by atoms with Crippen LogP contribution in [0.3, 0.4) is 0 Å². The first-order valence-corrected chi connectivity index (χ1v) is 5.83. The minimum absolute atomic E-state index is 0.210. The van der Waals surface area contributed by atoms with E-state index in [0.717, 1.165) is 0 Å². The van der Waals surface area contributed by atoms with Crippen molar-refractivity contribution >= 4 is 21.6 Å². The van der Waals surface area contributed by atoms with Crippen molar-refractivity contribution in [3.05, 3.63) is 40.6 Å². The highest BCUT2D eigenvalue weighted by atomic mass is 79.9. The molecule has 18 heavy (non-hydrogen) atoms. The first-order chi connectivity index (χ1) is 8.60. The summed E-state index contributed by atoms with van der Waals surface area (Å²) in [5, 5.41) is 0. The van der Waals surface area contributed by atoms with Crippen LogP contribution >= 0.6 is 15.9 Å². The lowest BCUT2D eigenvalue weighted by molar-refractivity contribution is 0.383. The molecule has 0 aliphatic carbocycles. The summed E-state index contributed by atoms with van der Waals surface area (Å²) in [6.45, 7) is 0. The number of methoxy groups -OCH3 is 1. The van der Waals surface area contributed by atoms with Crippen LogP contribution in [0.1, 0.15) is 0 Å². The van der Waals surface area contributed by atoms with E-state index >= 15 is 0 Å². The van der Waals surface area contributed by atoms with Crippen molar-refractivity contribution in [2.75, 3.05) is 12.8 Å². The molecule has 0 atom stereocenters. The van der Waals surface area contributed by atoms with E-state index in [1.165, 1.54) is 25.3 Å². The minimum atomic E-state index is -0.360. The van der Waals surface area contributed by atoms with Gasteiger partial charge < -0.3 is 15.2 Å².